The van der Waals surface area contributed by atoms with Crippen LogP contribution in [0.2, 0.25) is 5.02 Å². The van der Waals surface area contributed by atoms with Gasteiger partial charge in [0.15, 0.2) is 5.76 Å². The molecule has 0 aliphatic carbocycles. The molecule has 1 aliphatic heterocycles. The van der Waals surface area contributed by atoms with Crippen molar-refractivity contribution in [3.8, 4) is 11.3 Å². The maximum atomic E-state index is 12.7. The highest BCUT2D eigenvalue weighted by Gasteiger charge is 2.27. The number of carbonyl (C=O) groups excluding carboxylic acids is 1. The maximum absolute atomic E-state index is 12.7. The monoisotopic (exact) mass is 332 g/mol. The van der Waals surface area contributed by atoms with Gasteiger partial charge in [-0.25, -0.2) is 0 Å². The Labute approximate surface area is 141 Å². The Balaban J connectivity index is 1.82. The molecule has 122 valence electrons. The first-order chi connectivity index (χ1) is 10.9. The van der Waals surface area contributed by atoms with Gasteiger partial charge in [-0.15, -0.1) is 0 Å². The number of carbonyl (C=O) groups is 1. The molecule has 23 heavy (non-hydrogen) atoms. The number of hydrogen-bond acceptors (Lipinski definition) is 3. The predicted molar refractivity (Wildman–Crippen MR) is 92.4 cm³/mol. The second kappa shape index (κ2) is 6.28. The number of likely N-dealkylation sites (tertiary alicyclic amines) is 1. The van der Waals surface area contributed by atoms with Crippen LogP contribution in [0.1, 0.15) is 30.8 Å². The van der Waals surface area contributed by atoms with Gasteiger partial charge in [0, 0.05) is 29.4 Å². The Hall–Kier alpha value is -1.94. The van der Waals surface area contributed by atoms with E-state index in [-0.39, 0.29) is 5.91 Å². The molecule has 0 spiro atoms. The van der Waals surface area contributed by atoms with Gasteiger partial charge in [-0.3, -0.25) is 4.79 Å². The van der Waals surface area contributed by atoms with Crippen LogP contribution < -0.4 is 5.73 Å². The van der Waals surface area contributed by atoms with Crippen molar-refractivity contribution in [2.45, 2.75) is 20.3 Å². The normalized spacial score (nSPS) is 21.4. The second-order valence-corrected chi connectivity index (χ2v) is 6.99. The maximum Gasteiger partial charge on any atom is 0.289 e. The predicted octanol–water partition coefficient (Wildman–Crippen LogP) is 4.30. The molecule has 0 radical (unpaired) electrons. The quantitative estimate of drug-likeness (QED) is 0.834. The van der Waals surface area contributed by atoms with Gasteiger partial charge >= 0.3 is 0 Å². The van der Waals surface area contributed by atoms with Crippen LogP contribution in [0.15, 0.2) is 34.7 Å². The molecule has 2 atom stereocenters. The van der Waals surface area contributed by atoms with Crippen LogP contribution in [0.25, 0.3) is 11.3 Å². The number of amides is 1. The topological polar surface area (TPSA) is 59.5 Å². The molecule has 0 bridgehead atoms. The second-order valence-electron chi connectivity index (χ2n) is 6.55. The molecule has 1 aliphatic rings. The Morgan fingerprint density at radius 2 is 1.91 bits per heavy atom. The number of anilines is 1. The lowest BCUT2D eigenvalue weighted by Crippen LogP contribution is -2.42. The van der Waals surface area contributed by atoms with E-state index < -0.39 is 0 Å². The average molecular weight is 333 g/mol. The highest BCUT2D eigenvalue weighted by atomic mass is 35.5. The Morgan fingerprint density at radius 3 is 2.57 bits per heavy atom. The van der Waals surface area contributed by atoms with Gasteiger partial charge in [-0.05, 0) is 48.6 Å². The lowest BCUT2D eigenvalue weighted by molar-refractivity contribution is 0.0592. The summed E-state index contributed by atoms with van der Waals surface area (Å²) in [4.78, 5) is 14.5. The van der Waals surface area contributed by atoms with Gasteiger partial charge in [0.1, 0.15) is 5.76 Å². The fourth-order valence-electron chi connectivity index (χ4n) is 3.34. The third kappa shape index (κ3) is 3.37. The molecule has 1 amide bonds. The minimum absolute atomic E-state index is 0.0535. The van der Waals surface area contributed by atoms with Gasteiger partial charge in [0.25, 0.3) is 5.91 Å². The van der Waals surface area contributed by atoms with Crippen molar-refractivity contribution in [3.05, 3.63) is 41.1 Å². The summed E-state index contributed by atoms with van der Waals surface area (Å²) in [5, 5.41) is 0.574. The molecule has 2 heterocycles. The number of benzene rings is 1. The average Bonchev–Trinajstić information content (AvgIpc) is 2.95. The van der Waals surface area contributed by atoms with Crippen molar-refractivity contribution in [1.29, 1.82) is 0 Å². The van der Waals surface area contributed by atoms with Crippen molar-refractivity contribution in [3.63, 3.8) is 0 Å². The molecule has 1 fully saturated rings. The first kappa shape index (κ1) is 15.9. The number of rotatable bonds is 2. The SMILES string of the molecule is CC1CC(C)CN(C(=O)c2ccc(-c3ccc(Cl)cc3N)o2)C1. The number of piperidine rings is 1. The largest absolute Gasteiger partial charge is 0.451 e. The summed E-state index contributed by atoms with van der Waals surface area (Å²) >= 11 is 5.92. The van der Waals surface area contributed by atoms with Gasteiger partial charge in [0.05, 0.1) is 0 Å². The summed E-state index contributed by atoms with van der Waals surface area (Å²) in [6.45, 7) is 5.92. The smallest absolute Gasteiger partial charge is 0.289 e. The van der Waals surface area contributed by atoms with E-state index in [2.05, 4.69) is 13.8 Å². The summed E-state index contributed by atoms with van der Waals surface area (Å²) in [6.07, 6.45) is 1.16. The lowest BCUT2D eigenvalue weighted by atomic mass is 9.92. The van der Waals surface area contributed by atoms with Crippen LogP contribution in [0.3, 0.4) is 0 Å². The van der Waals surface area contributed by atoms with Gasteiger partial charge < -0.3 is 15.1 Å². The molecular formula is C18H21ClN2O2. The van der Waals surface area contributed by atoms with Crippen LogP contribution in [0, 0.1) is 11.8 Å². The molecule has 0 saturated carbocycles. The summed E-state index contributed by atoms with van der Waals surface area (Å²) in [5.41, 5.74) is 7.26. The zero-order chi connectivity index (χ0) is 16.6. The Morgan fingerprint density at radius 1 is 1.22 bits per heavy atom. The standard InChI is InChI=1S/C18H21ClN2O2/c1-11-7-12(2)10-21(9-11)18(22)17-6-5-16(23-17)14-4-3-13(19)8-15(14)20/h3-6,8,11-12H,7,9-10,20H2,1-2H3. The van der Waals surface area contributed by atoms with Crippen LogP contribution in [0.5, 0.6) is 0 Å². The third-order valence-corrected chi connectivity index (χ3v) is 4.49. The molecule has 1 aromatic heterocycles. The number of halogens is 1. The molecule has 5 heteroatoms. The fraction of sp³-hybridized carbons (Fsp3) is 0.389. The minimum Gasteiger partial charge on any atom is -0.451 e. The molecular weight excluding hydrogens is 312 g/mol. The van der Waals surface area contributed by atoms with Gasteiger partial charge in [0.2, 0.25) is 0 Å². The van der Waals surface area contributed by atoms with Gasteiger partial charge in [-0.2, -0.15) is 0 Å². The van der Waals surface area contributed by atoms with Crippen LogP contribution in [-0.2, 0) is 0 Å². The number of nitrogen functional groups attached to an aromatic ring is 1. The molecule has 1 aromatic carbocycles. The highest BCUT2D eigenvalue weighted by molar-refractivity contribution is 6.31. The first-order valence-electron chi connectivity index (χ1n) is 7.88. The molecule has 2 unspecified atom stereocenters. The van der Waals surface area contributed by atoms with E-state index >= 15 is 0 Å². The zero-order valence-electron chi connectivity index (χ0n) is 13.4. The molecule has 4 nitrogen and oxygen atoms in total. The lowest BCUT2D eigenvalue weighted by Gasteiger charge is -2.34. The van der Waals surface area contributed by atoms with Crippen molar-refractivity contribution in [2.24, 2.45) is 11.8 Å². The highest BCUT2D eigenvalue weighted by Crippen LogP contribution is 2.31. The van der Waals surface area contributed by atoms with E-state index in [4.69, 9.17) is 21.8 Å². The number of furan rings is 1. The summed E-state index contributed by atoms with van der Waals surface area (Å²) in [6, 6.07) is 8.73. The van der Waals surface area contributed by atoms with E-state index in [1.54, 1.807) is 30.3 Å². The van der Waals surface area contributed by atoms with E-state index in [0.717, 1.165) is 25.1 Å². The Kier molecular flexibility index (Phi) is 4.35. The summed E-state index contributed by atoms with van der Waals surface area (Å²) < 4.78 is 5.76. The number of hydrogen-bond donors (Lipinski definition) is 1. The van der Waals surface area contributed by atoms with E-state index in [9.17, 15) is 4.79 Å². The molecule has 2 N–H and O–H groups in total. The summed E-state index contributed by atoms with van der Waals surface area (Å²) in [5.74, 6) is 1.92. The van der Waals surface area contributed by atoms with E-state index in [0.29, 0.717) is 34.1 Å². The summed E-state index contributed by atoms with van der Waals surface area (Å²) in [7, 11) is 0. The van der Waals surface area contributed by atoms with Crippen LogP contribution in [-0.4, -0.2) is 23.9 Å². The van der Waals surface area contributed by atoms with Crippen molar-refractivity contribution >= 4 is 23.2 Å². The third-order valence-electron chi connectivity index (χ3n) is 4.25. The minimum atomic E-state index is -0.0535. The zero-order valence-corrected chi connectivity index (χ0v) is 14.1. The fourth-order valence-corrected chi connectivity index (χ4v) is 3.52. The van der Waals surface area contributed by atoms with Crippen LogP contribution in [0.4, 0.5) is 5.69 Å². The molecule has 3 rings (SSSR count). The van der Waals surface area contributed by atoms with Crippen molar-refractivity contribution in [1.82, 2.24) is 4.90 Å². The van der Waals surface area contributed by atoms with E-state index in [1.165, 1.54) is 0 Å². The first-order valence-corrected chi connectivity index (χ1v) is 8.26. The van der Waals surface area contributed by atoms with Crippen molar-refractivity contribution < 1.29 is 9.21 Å². The van der Waals surface area contributed by atoms with Crippen LogP contribution >= 0.6 is 11.6 Å². The van der Waals surface area contributed by atoms with E-state index in [1.807, 2.05) is 4.90 Å². The molecule has 1 saturated heterocycles. The van der Waals surface area contributed by atoms with Gasteiger partial charge in [-0.1, -0.05) is 25.4 Å². The molecule has 2 aromatic rings. The number of nitrogens with two attached hydrogens (primary N) is 1. The van der Waals surface area contributed by atoms with Crippen molar-refractivity contribution in [2.75, 3.05) is 18.8 Å². The Bertz CT molecular complexity index is 716. The number of nitrogens with zero attached hydrogens (tertiary/aromatic N) is 1.